The lowest BCUT2D eigenvalue weighted by Crippen LogP contribution is -2.47. The van der Waals surface area contributed by atoms with E-state index >= 15 is 0 Å². The average Bonchev–Trinajstić information content (AvgIpc) is 2.56. The van der Waals surface area contributed by atoms with Gasteiger partial charge in [0.15, 0.2) is 0 Å². The normalized spacial score (nSPS) is 27.2. The predicted octanol–water partition coefficient (Wildman–Crippen LogP) is 2.69. The van der Waals surface area contributed by atoms with Crippen molar-refractivity contribution < 1.29 is 4.74 Å². The van der Waals surface area contributed by atoms with E-state index in [-0.39, 0.29) is 17.2 Å². The largest absolute Gasteiger partial charge is 0.368 e. The van der Waals surface area contributed by atoms with Gasteiger partial charge in [0.1, 0.15) is 0 Å². The molecule has 3 heteroatoms. The van der Waals surface area contributed by atoms with Gasteiger partial charge < -0.3 is 15.4 Å². The molecular formula is C18H30N2O. The molecule has 0 spiro atoms. The summed E-state index contributed by atoms with van der Waals surface area (Å²) in [5.41, 5.74) is 7.42. The Hall–Kier alpha value is -0.900. The highest BCUT2D eigenvalue weighted by Gasteiger charge is 2.52. The fraction of sp³-hybridized carbons (Fsp3) is 0.667. The Labute approximate surface area is 129 Å². The van der Waals surface area contributed by atoms with Crippen LogP contribution in [-0.2, 0) is 11.2 Å². The SMILES string of the molecule is CN(CCc1ccccc1)CC1C(N)C(C)(C)OC1(C)C. The lowest BCUT2D eigenvalue weighted by Gasteiger charge is -2.31. The molecule has 118 valence electrons. The van der Waals surface area contributed by atoms with Crippen LogP contribution in [0, 0.1) is 5.92 Å². The number of nitrogens with two attached hydrogens (primary N) is 1. The van der Waals surface area contributed by atoms with E-state index in [0.29, 0.717) is 5.92 Å². The first kappa shape index (κ1) is 16.5. The Morgan fingerprint density at radius 3 is 2.24 bits per heavy atom. The lowest BCUT2D eigenvalue weighted by molar-refractivity contribution is -0.0780. The van der Waals surface area contributed by atoms with E-state index in [9.17, 15) is 0 Å². The fourth-order valence-corrected chi connectivity index (χ4v) is 3.46. The van der Waals surface area contributed by atoms with Crippen LogP contribution in [0.5, 0.6) is 0 Å². The second-order valence-electron chi connectivity index (χ2n) is 7.44. The van der Waals surface area contributed by atoms with Crippen LogP contribution < -0.4 is 5.73 Å². The Kier molecular flexibility index (Phi) is 4.76. The zero-order valence-corrected chi connectivity index (χ0v) is 14.1. The highest BCUT2D eigenvalue weighted by molar-refractivity contribution is 5.15. The van der Waals surface area contributed by atoms with Crippen molar-refractivity contribution in [3.63, 3.8) is 0 Å². The maximum absolute atomic E-state index is 6.44. The third kappa shape index (κ3) is 3.85. The maximum Gasteiger partial charge on any atom is 0.0788 e. The van der Waals surface area contributed by atoms with E-state index in [2.05, 4.69) is 70.0 Å². The van der Waals surface area contributed by atoms with Crippen LogP contribution in [0.3, 0.4) is 0 Å². The summed E-state index contributed by atoms with van der Waals surface area (Å²) in [5, 5.41) is 0. The van der Waals surface area contributed by atoms with Gasteiger partial charge in [-0.15, -0.1) is 0 Å². The van der Waals surface area contributed by atoms with Crippen LogP contribution in [0.4, 0.5) is 0 Å². The number of rotatable bonds is 5. The summed E-state index contributed by atoms with van der Waals surface area (Å²) in [5.74, 6) is 0.355. The standard InChI is InChI=1S/C18H30N2O/c1-17(2)15(16(19)18(3,4)21-17)13-20(5)12-11-14-9-7-6-8-10-14/h6-10,15-16H,11-13,19H2,1-5H3. The van der Waals surface area contributed by atoms with Gasteiger partial charge in [-0.2, -0.15) is 0 Å². The monoisotopic (exact) mass is 290 g/mol. The number of likely N-dealkylation sites (N-methyl/N-ethyl adjacent to an activating group) is 1. The summed E-state index contributed by atoms with van der Waals surface area (Å²) in [4.78, 5) is 2.38. The van der Waals surface area contributed by atoms with Crippen LogP contribution >= 0.6 is 0 Å². The predicted molar refractivity (Wildman–Crippen MR) is 88.4 cm³/mol. The summed E-state index contributed by atoms with van der Waals surface area (Å²) < 4.78 is 6.17. The molecule has 0 aromatic heterocycles. The zero-order chi connectivity index (χ0) is 15.7. The van der Waals surface area contributed by atoms with Crippen LogP contribution in [0.2, 0.25) is 0 Å². The van der Waals surface area contributed by atoms with Gasteiger partial charge in [0, 0.05) is 25.0 Å². The van der Waals surface area contributed by atoms with Gasteiger partial charge in [-0.05, 0) is 46.7 Å². The quantitative estimate of drug-likeness (QED) is 0.906. The van der Waals surface area contributed by atoms with Crippen molar-refractivity contribution in [2.24, 2.45) is 11.7 Å². The summed E-state index contributed by atoms with van der Waals surface area (Å²) in [6, 6.07) is 10.7. The molecule has 1 aromatic carbocycles. The minimum atomic E-state index is -0.242. The Morgan fingerprint density at radius 1 is 1.10 bits per heavy atom. The van der Waals surface area contributed by atoms with E-state index in [0.717, 1.165) is 19.5 Å². The van der Waals surface area contributed by atoms with Crippen molar-refractivity contribution in [3.05, 3.63) is 35.9 Å². The molecule has 1 heterocycles. The van der Waals surface area contributed by atoms with E-state index < -0.39 is 0 Å². The van der Waals surface area contributed by atoms with Crippen LogP contribution in [-0.4, -0.2) is 42.3 Å². The van der Waals surface area contributed by atoms with Crippen LogP contribution in [0.1, 0.15) is 33.3 Å². The number of hydrogen-bond donors (Lipinski definition) is 1. The first-order valence-corrected chi connectivity index (χ1v) is 7.90. The highest BCUT2D eigenvalue weighted by Crippen LogP contribution is 2.41. The summed E-state index contributed by atoms with van der Waals surface area (Å²) in [7, 11) is 2.18. The summed E-state index contributed by atoms with van der Waals surface area (Å²) >= 11 is 0. The van der Waals surface area contributed by atoms with Crippen LogP contribution in [0.25, 0.3) is 0 Å². The Balaban J connectivity index is 1.91. The van der Waals surface area contributed by atoms with Gasteiger partial charge in [-0.3, -0.25) is 0 Å². The van der Waals surface area contributed by atoms with Crippen molar-refractivity contribution in [2.45, 2.75) is 51.4 Å². The number of ether oxygens (including phenoxy) is 1. The fourth-order valence-electron chi connectivity index (χ4n) is 3.46. The van der Waals surface area contributed by atoms with Gasteiger partial charge in [-0.25, -0.2) is 0 Å². The highest BCUT2D eigenvalue weighted by atomic mass is 16.5. The average molecular weight is 290 g/mol. The third-order valence-electron chi connectivity index (χ3n) is 4.79. The second kappa shape index (κ2) is 6.07. The molecule has 21 heavy (non-hydrogen) atoms. The molecule has 2 N–H and O–H groups in total. The molecular weight excluding hydrogens is 260 g/mol. The van der Waals surface area contributed by atoms with Gasteiger partial charge >= 0.3 is 0 Å². The molecule has 1 saturated heterocycles. The topological polar surface area (TPSA) is 38.5 Å². The van der Waals surface area contributed by atoms with Crippen molar-refractivity contribution in [2.75, 3.05) is 20.1 Å². The van der Waals surface area contributed by atoms with E-state index in [1.165, 1.54) is 5.56 Å². The van der Waals surface area contributed by atoms with E-state index in [1.54, 1.807) is 0 Å². The number of hydrogen-bond acceptors (Lipinski definition) is 3. The molecule has 3 nitrogen and oxygen atoms in total. The molecule has 2 rings (SSSR count). The molecule has 0 saturated carbocycles. The Morgan fingerprint density at radius 2 is 1.71 bits per heavy atom. The molecule has 1 aliphatic rings. The Bertz CT molecular complexity index is 456. The molecule has 0 amide bonds. The molecule has 2 atom stereocenters. The van der Waals surface area contributed by atoms with Crippen molar-refractivity contribution >= 4 is 0 Å². The lowest BCUT2D eigenvalue weighted by atomic mass is 9.83. The molecule has 0 aliphatic carbocycles. The first-order chi connectivity index (χ1) is 9.72. The summed E-state index contributed by atoms with van der Waals surface area (Å²) in [6.07, 6.45) is 1.07. The third-order valence-corrected chi connectivity index (χ3v) is 4.79. The van der Waals surface area contributed by atoms with Crippen molar-refractivity contribution in [3.8, 4) is 0 Å². The van der Waals surface area contributed by atoms with Gasteiger partial charge in [0.05, 0.1) is 11.2 Å². The second-order valence-corrected chi connectivity index (χ2v) is 7.44. The number of benzene rings is 1. The zero-order valence-electron chi connectivity index (χ0n) is 14.1. The molecule has 1 aliphatic heterocycles. The van der Waals surface area contributed by atoms with Gasteiger partial charge in [0.25, 0.3) is 0 Å². The molecule has 1 aromatic rings. The first-order valence-electron chi connectivity index (χ1n) is 7.90. The minimum Gasteiger partial charge on any atom is -0.368 e. The maximum atomic E-state index is 6.44. The molecule has 0 radical (unpaired) electrons. The summed E-state index contributed by atoms with van der Waals surface area (Å²) in [6.45, 7) is 10.6. The smallest absolute Gasteiger partial charge is 0.0788 e. The van der Waals surface area contributed by atoms with Crippen molar-refractivity contribution in [1.82, 2.24) is 4.90 Å². The number of nitrogens with zero attached hydrogens (tertiary/aromatic N) is 1. The molecule has 0 bridgehead atoms. The molecule has 2 unspecified atom stereocenters. The van der Waals surface area contributed by atoms with Gasteiger partial charge in [0.2, 0.25) is 0 Å². The van der Waals surface area contributed by atoms with Crippen LogP contribution in [0.15, 0.2) is 30.3 Å². The van der Waals surface area contributed by atoms with E-state index in [1.807, 2.05) is 0 Å². The minimum absolute atomic E-state index is 0.0756. The van der Waals surface area contributed by atoms with E-state index in [4.69, 9.17) is 10.5 Å². The van der Waals surface area contributed by atoms with Crippen molar-refractivity contribution in [1.29, 1.82) is 0 Å². The molecule has 1 fully saturated rings. The van der Waals surface area contributed by atoms with Gasteiger partial charge in [-0.1, -0.05) is 30.3 Å².